The van der Waals surface area contributed by atoms with Crippen molar-refractivity contribution in [2.75, 3.05) is 0 Å². The van der Waals surface area contributed by atoms with Crippen LogP contribution in [0.1, 0.15) is 0 Å². The van der Waals surface area contributed by atoms with E-state index in [4.69, 9.17) is 4.98 Å². The number of hydrogen-bond donors (Lipinski definition) is 0. The first-order valence-electron chi connectivity index (χ1n) is 12.9. The van der Waals surface area contributed by atoms with Gasteiger partial charge in [0, 0.05) is 29.5 Å². The van der Waals surface area contributed by atoms with Crippen molar-refractivity contribution in [2.45, 2.75) is 0 Å². The largest absolute Gasteiger partial charge is 0.264 e. The van der Waals surface area contributed by atoms with E-state index in [1.54, 1.807) is 0 Å². The summed E-state index contributed by atoms with van der Waals surface area (Å²) in [5.41, 5.74) is 8.21. The van der Waals surface area contributed by atoms with Gasteiger partial charge in [-0.15, -0.1) is 0 Å². The molecule has 2 aromatic heterocycles. The minimum Gasteiger partial charge on any atom is -0.264 e. The summed E-state index contributed by atoms with van der Waals surface area (Å²) >= 11 is 0. The number of benzene rings is 6. The van der Waals surface area contributed by atoms with E-state index in [0.29, 0.717) is 0 Å². The molecule has 0 N–H and O–H groups in total. The van der Waals surface area contributed by atoms with Gasteiger partial charge in [0.2, 0.25) is 0 Å². The molecule has 38 heavy (non-hydrogen) atoms. The van der Waals surface area contributed by atoms with E-state index in [-0.39, 0.29) is 0 Å². The number of fused-ring (bicyclic) bond motifs is 1. The van der Waals surface area contributed by atoms with E-state index in [0.717, 1.165) is 16.5 Å². The van der Waals surface area contributed by atoms with Crippen LogP contribution in [0.25, 0.3) is 76.6 Å². The second-order valence-electron chi connectivity index (χ2n) is 9.85. The molecule has 0 saturated carbocycles. The predicted octanol–water partition coefficient (Wildman–Crippen LogP) is 9.53. The lowest BCUT2D eigenvalue weighted by Crippen LogP contribution is -1.90. The van der Waals surface area contributed by atoms with Crippen molar-refractivity contribution < 1.29 is 0 Å². The van der Waals surface area contributed by atoms with E-state index in [1.807, 2.05) is 30.7 Å². The monoisotopic (exact) mass is 482 g/mol. The standard InChI is InChI=1S/C36H22N2/c1-4-27-5-3-21-38-36(27)33(7-1)30-17-13-26-14-18-31-29(16-12-25-15-19-32(30)35(26)34(25)31)24-10-8-23(9-11-24)28-6-2-20-37-22-28/h1-22H. The summed E-state index contributed by atoms with van der Waals surface area (Å²) in [7, 11) is 0. The molecule has 176 valence electrons. The Morgan fingerprint density at radius 1 is 0.395 bits per heavy atom. The third-order valence-electron chi connectivity index (χ3n) is 7.78. The molecule has 2 nitrogen and oxygen atoms in total. The summed E-state index contributed by atoms with van der Waals surface area (Å²) in [6, 6.07) is 41.6. The Bertz CT molecular complexity index is 2100. The van der Waals surface area contributed by atoms with Gasteiger partial charge in [-0.2, -0.15) is 0 Å². The number of aromatic nitrogens is 2. The van der Waals surface area contributed by atoms with Gasteiger partial charge >= 0.3 is 0 Å². The van der Waals surface area contributed by atoms with Gasteiger partial charge in [-0.25, -0.2) is 0 Å². The number of nitrogens with zero attached hydrogens (tertiary/aromatic N) is 2. The van der Waals surface area contributed by atoms with Crippen LogP contribution in [0.5, 0.6) is 0 Å². The summed E-state index contributed by atoms with van der Waals surface area (Å²) in [6.07, 6.45) is 5.60. The number of hydrogen-bond acceptors (Lipinski definition) is 2. The molecule has 0 atom stereocenters. The van der Waals surface area contributed by atoms with Gasteiger partial charge < -0.3 is 0 Å². The molecule has 6 aromatic carbocycles. The summed E-state index contributed by atoms with van der Waals surface area (Å²) in [4.78, 5) is 9.02. The molecule has 8 aromatic rings. The third kappa shape index (κ3) is 3.14. The molecule has 0 saturated heterocycles. The van der Waals surface area contributed by atoms with Gasteiger partial charge in [0.15, 0.2) is 0 Å². The first-order chi connectivity index (χ1) is 18.8. The molecule has 0 fully saturated rings. The van der Waals surface area contributed by atoms with E-state index in [1.165, 1.54) is 60.1 Å². The molecule has 0 aliphatic heterocycles. The summed E-state index contributed by atoms with van der Waals surface area (Å²) < 4.78 is 0. The van der Waals surface area contributed by atoms with Crippen LogP contribution in [-0.2, 0) is 0 Å². The van der Waals surface area contributed by atoms with Crippen molar-refractivity contribution in [1.29, 1.82) is 0 Å². The van der Waals surface area contributed by atoms with Crippen molar-refractivity contribution in [3.8, 4) is 33.4 Å². The molecule has 8 rings (SSSR count). The molecule has 0 bridgehead atoms. The highest BCUT2D eigenvalue weighted by Gasteiger charge is 2.16. The smallest absolute Gasteiger partial charge is 0.0780 e. The van der Waals surface area contributed by atoms with Gasteiger partial charge in [-0.1, -0.05) is 103 Å². The van der Waals surface area contributed by atoms with Crippen LogP contribution in [0.4, 0.5) is 0 Å². The highest BCUT2D eigenvalue weighted by Crippen LogP contribution is 2.43. The van der Waals surface area contributed by atoms with E-state index < -0.39 is 0 Å². The van der Waals surface area contributed by atoms with Crippen molar-refractivity contribution in [2.24, 2.45) is 0 Å². The molecule has 0 spiro atoms. The minimum absolute atomic E-state index is 1.04. The Balaban J connectivity index is 1.36. The summed E-state index contributed by atoms with van der Waals surface area (Å²) in [5, 5.41) is 8.88. The second-order valence-corrected chi connectivity index (χ2v) is 9.85. The lowest BCUT2D eigenvalue weighted by atomic mass is 9.87. The first kappa shape index (κ1) is 21.0. The van der Waals surface area contributed by atoms with Crippen LogP contribution in [0, 0.1) is 0 Å². The zero-order valence-corrected chi connectivity index (χ0v) is 20.6. The van der Waals surface area contributed by atoms with Gasteiger partial charge in [-0.05, 0) is 72.3 Å². The van der Waals surface area contributed by atoms with Crippen molar-refractivity contribution >= 4 is 43.2 Å². The Morgan fingerprint density at radius 3 is 1.82 bits per heavy atom. The summed E-state index contributed by atoms with van der Waals surface area (Å²) in [6.45, 7) is 0. The minimum atomic E-state index is 1.04. The molecule has 0 unspecified atom stereocenters. The zero-order valence-electron chi connectivity index (χ0n) is 20.6. The van der Waals surface area contributed by atoms with Gasteiger partial charge in [0.25, 0.3) is 0 Å². The molecule has 0 aliphatic carbocycles. The zero-order chi connectivity index (χ0) is 25.1. The number of pyridine rings is 2. The average molecular weight is 483 g/mol. The Kier molecular flexibility index (Phi) is 4.55. The predicted molar refractivity (Wildman–Crippen MR) is 160 cm³/mol. The molecule has 0 amide bonds. The first-order valence-corrected chi connectivity index (χ1v) is 12.9. The van der Waals surface area contributed by atoms with E-state index in [2.05, 4.69) is 108 Å². The summed E-state index contributed by atoms with van der Waals surface area (Å²) in [5.74, 6) is 0. The van der Waals surface area contributed by atoms with Crippen LogP contribution in [0.15, 0.2) is 134 Å². The second kappa shape index (κ2) is 8.22. The van der Waals surface area contributed by atoms with Crippen LogP contribution in [0.3, 0.4) is 0 Å². The molecular formula is C36H22N2. The molecule has 0 aliphatic rings. The molecular weight excluding hydrogens is 460 g/mol. The van der Waals surface area contributed by atoms with E-state index >= 15 is 0 Å². The van der Waals surface area contributed by atoms with E-state index in [9.17, 15) is 0 Å². The van der Waals surface area contributed by atoms with Crippen molar-refractivity contribution in [3.05, 3.63) is 134 Å². The fraction of sp³-hybridized carbons (Fsp3) is 0. The number of para-hydroxylation sites is 1. The van der Waals surface area contributed by atoms with Gasteiger partial charge in [0.1, 0.15) is 0 Å². The fourth-order valence-corrected chi connectivity index (χ4v) is 5.98. The maximum atomic E-state index is 4.75. The Morgan fingerprint density at radius 2 is 1.05 bits per heavy atom. The maximum absolute atomic E-state index is 4.75. The van der Waals surface area contributed by atoms with Crippen LogP contribution >= 0.6 is 0 Å². The van der Waals surface area contributed by atoms with Crippen LogP contribution in [-0.4, -0.2) is 9.97 Å². The Hall–Kier alpha value is -5.08. The van der Waals surface area contributed by atoms with Crippen LogP contribution in [0.2, 0.25) is 0 Å². The third-order valence-corrected chi connectivity index (χ3v) is 7.78. The number of rotatable bonds is 3. The van der Waals surface area contributed by atoms with Crippen molar-refractivity contribution in [3.63, 3.8) is 0 Å². The fourth-order valence-electron chi connectivity index (χ4n) is 5.98. The SMILES string of the molecule is c1cncc(-c2ccc(-c3ccc4ccc5c(-c6cccc7cccnc67)ccc6ccc3c4c65)cc2)c1. The molecule has 2 heteroatoms. The highest BCUT2D eigenvalue weighted by atomic mass is 14.6. The normalized spacial score (nSPS) is 11.7. The maximum Gasteiger partial charge on any atom is 0.0780 e. The van der Waals surface area contributed by atoms with Crippen molar-refractivity contribution in [1.82, 2.24) is 9.97 Å². The molecule has 0 radical (unpaired) electrons. The lowest BCUT2D eigenvalue weighted by molar-refractivity contribution is 1.33. The lowest BCUT2D eigenvalue weighted by Gasteiger charge is -2.17. The van der Waals surface area contributed by atoms with Gasteiger partial charge in [0.05, 0.1) is 5.52 Å². The average Bonchev–Trinajstić information content (AvgIpc) is 3.00. The quantitative estimate of drug-likeness (QED) is 0.234. The Labute approximate surface area is 220 Å². The topological polar surface area (TPSA) is 25.8 Å². The molecule has 2 heterocycles. The van der Waals surface area contributed by atoms with Crippen LogP contribution < -0.4 is 0 Å². The highest BCUT2D eigenvalue weighted by molar-refractivity contribution is 6.28. The van der Waals surface area contributed by atoms with Gasteiger partial charge in [-0.3, -0.25) is 9.97 Å².